The van der Waals surface area contributed by atoms with E-state index in [-0.39, 0.29) is 17.5 Å². The Morgan fingerprint density at radius 1 is 1.33 bits per heavy atom. The smallest absolute Gasteiger partial charge is 0.330 e. The summed E-state index contributed by atoms with van der Waals surface area (Å²) in [5.74, 6) is -0.832. The molecule has 0 spiro atoms. The summed E-state index contributed by atoms with van der Waals surface area (Å²) in [4.78, 5) is 41.8. The summed E-state index contributed by atoms with van der Waals surface area (Å²) >= 11 is 0. The Labute approximate surface area is 174 Å². The van der Waals surface area contributed by atoms with Crippen LogP contribution in [0.1, 0.15) is 51.0 Å². The zero-order chi connectivity index (χ0) is 21.7. The molecule has 0 unspecified atom stereocenters. The Morgan fingerprint density at radius 2 is 2.07 bits per heavy atom. The SMILES string of the molecule is CCCCn1c(N)c(N(C(=O)C=Cc2cccc(F)c2)C2CCCC2)c(=O)[nH]c1=O. The number of nitrogens with one attached hydrogen (secondary N) is 1. The van der Waals surface area contributed by atoms with Gasteiger partial charge in [-0.05, 0) is 43.0 Å². The van der Waals surface area contributed by atoms with Crippen molar-refractivity contribution < 1.29 is 9.18 Å². The van der Waals surface area contributed by atoms with E-state index in [2.05, 4.69) is 4.98 Å². The van der Waals surface area contributed by atoms with E-state index in [1.807, 2.05) is 6.92 Å². The Balaban J connectivity index is 2.03. The first-order valence-corrected chi connectivity index (χ1v) is 10.3. The van der Waals surface area contributed by atoms with Crippen molar-refractivity contribution in [3.63, 3.8) is 0 Å². The quantitative estimate of drug-likeness (QED) is 0.680. The predicted octanol–water partition coefficient (Wildman–Crippen LogP) is 3.05. The van der Waals surface area contributed by atoms with Crippen LogP contribution in [0.25, 0.3) is 6.08 Å². The van der Waals surface area contributed by atoms with Crippen molar-refractivity contribution in [3.8, 4) is 0 Å². The highest BCUT2D eigenvalue weighted by molar-refractivity contribution is 6.05. The summed E-state index contributed by atoms with van der Waals surface area (Å²) in [7, 11) is 0. The van der Waals surface area contributed by atoms with Gasteiger partial charge < -0.3 is 5.73 Å². The van der Waals surface area contributed by atoms with E-state index >= 15 is 0 Å². The molecule has 0 aliphatic heterocycles. The minimum atomic E-state index is -0.676. The number of nitrogens with zero attached hydrogens (tertiary/aromatic N) is 2. The number of carbonyl (C=O) groups is 1. The molecule has 1 fully saturated rings. The second kappa shape index (κ2) is 9.56. The fraction of sp³-hybridized carbons (Fsp3) is 0.409. The molecule has 0 saturated heterocycles. The van der Waals surface area contributed by atoms with E-state index in [0.717, 1.165) is 32.1 Å². The van der Waals surface area contributed by atoms with Gasteiger partial charge in [0.15, 0.2) is 5.69 Å². The van der Waals surface area contributed by atoms with Crippen molar-refractivity contribution >= 4 is 23.5 Å². The predicted molar refractivity (Wildman–Crippen MR) is 116 cm³/mol. The van der Waals surface area contributed by atoms with Crippen LogP contribution in [0.3, 0.4) is 0 Å². The van der Waals surface area contributed by atoms with Crippen LogP contribution in [-0.4, -0.2) is 21.5 Å². The van der Waals surface area contributed by atoms with Crippen LogP contribution in [0.15, 0.2) is 39.9 Å². The number of unbranched alkanes of at least 4 members (excludes halogenated alkanes) is 1. The zero-order valence-electron chi connectivity index (χ0n) is 17.1. The number of benzene rings is 1. The molecule has 1 amide bonds. The Morgan fingerprint density at radius 3 is 2.73 bits per heavy atom. The second-order valence-electron chi connectivity index (χ2n) is 7.53. The van der Waals surface area contributed by atoms with Gasteiger partial charge in [0, 0.05) is 18.7 Å². The van der Waals surface area contributed by atoms with E-state index in [0.29, 0.717) is 18.5 Å². The highest BCUT2D eigenvalue weighted by Gasteiger charge is 2.31. The molecular weight excluding hydrogens is 387 g/mol. The lowest BCUT2D eigenvalue weighted by molar-refractivity contribution is -0.114. The number of H-pyrrole nitrogens is 1. The topological polar surface area (TPSA) is 101 Å². The average Bonchev–Trinajstić information content (AvgIpc) is 3.23. The first-order chi connectivity index (χ1) is 14.4. The number of nitrogens with two attached hydrogens (primary N) is 1. The Hall–Kier alpha value is -3.16. The number of carbonyl (C=O) groups excluding carboxylic acids is 1. The second-order valence-corrected chi connectivity index (χ2v) is 7.53. The number of hydrogen-bond donors (Lipinski definition) is 2. The van der Waals surface area contributed by atoms with E-state index in [1.54, 1.807) is 12.1 Å². The molecule has 1 heterocycles. The molecule has 30 heavy (non-hydrogen) atoms. The largest absolute Gasteiger partial charge is 0.383 e. The van der Waals surface area contributed by atoms with Crippen molar-refractivity contribution in [2.24, 2.45) is 0 Å². The monoisotopic (exact) mass is 414 g/mol. The van der Waals surface area contributed by atoms with Crippen LogP contribution in [0.4, 0.5) is 15.9 Å². The van der Waals surface area contributed by atoms with Gasteiger partial charge in [0.25, 0.3) is 11.5 Å². The van der Waals surface area contributed by atoms with Crippen LogP contribution < -0.4 is 21.9 Å². The van der Waals surface area contributed by atoms with E-state index in [9.17, 15) is 18.8 Å². The molecule has 2 aromatic rings. The Bertz CT molecular complexity index is 1050. The summed E-state index contributed by atoms with van der Waals surface area (Å²) in [6.07, 6.45) is 7.75. The number of halogens is 1. The number of anilines is 2. The third-order valence-corrected chi connectivity index (χ3v) is 5.38. The number of amides is 1. The minimum absolute atomic E-state index is 0.00314. The Kier molecular flexibility index (Phi) is 6.87. The number of nitrogen functional groups attached to an aromatic ring is 1. The number of rotatable bonds is 7. The molecule has 3 N–H and O–H groups in total. The zero-order valence-corrected chi connectivity index (χ0v) is 17.1. The van der Waals surface area contributed by atoms with Crippen molar-refractivity contribution in [1.82, 2.24) is 9.55 Å². The minimum Gasteiger partial charge on any atom is -0.383 e. The first kappa shape index (κ1) is 21.5. The highest BCUT2D eigenvalue weighted by atomic mass is 19.1. The molecule has 3 rings (SSSR count). The third-order valence-electron chi connectivity index (χ3n) is 5.38. The van der Waals surface area contributed by atoms with Crippen LogP contribution in [0.2, 0.25) is 0 Å². The average molecular weight is 414 g/mol. The molecule has 1 saturated carbocycles. The van der Waals surface area contributed by atoms with Crippen molar-refractivity contribution in [2.45, 2.75) is 58.0 Å². The van der Waals surface area contributed by atoms with E-state index < -0.39 is 23.0 Å². The standard InChI is InChI=1S/C22H27FN4O3/c1-2-3-13-26-20(24)19(21(29)25-22(26)30)27(17-9-4-5-10-17)18(28)12-11-15-7-6-8-16(23)14-15/h6-8,11-12,14,17H,2-5,9-10,13,24H2,1H3,(H,25,29,30). The lowest BCUT2D eigenvalue weighted by atomic mass is 10.1. The van der Waals surface area contributed by atoms with Gasteiger partial charge in [-0.3, -0.25) is 24.0 Å². The highest BCUT2D eigenvalue weighted by Crippen LogP contribution is 2.29. The maximum atomic E-state index is 13.4. The molecule has 0 radical (unpaired) electrons. The summed E-state index contributed by atoms with van der Waals surface area (Å²) in [5, 5.41) is 0. The maximum absolute atomic E-state index is 13.4. The van der Waals surface area contributed by atoms with Gasteiger partial charge in [-0.2, -0.15) is 0 Å². The third kappa shape index (κ3) is 4.69. The van der Waals surface area contributed by atoms with Gasteiger partial charge in [-0.15, -0.1) is 0 Å². The van der Waals surface area contributed by atoms with Crippen LogP contribution in [0.5, 0.6) is 0 Å². The molecule has 160 valence electrons. The summed E-state index contributed by atoms with van der Waals surface area (Å²) in [6.45, 7) is 2.34. The van der Waals surface area contributed by atoms with Gasteiger partial charge in [0.1, 0.15) is 11.6 Å². The van der Waals surface area contributed by atoms with Crippen LogP contribution in [-0.2, 0) is 11.3 Å². The van der Waals surface area contributed by atoms with Gasteiger partial charge in [-0.25, -0.2) is 9.18 Å². The van der Waals surface area contributed by atoms with E-state index in [4.69, 9.17) is 5.73 Å². The molecule has 1 aliphatic carbocycles. The summed E-state index contributed by atoms with van der Waals surface area (Å²) in [6, 6.07) is 5.69. The van der Waals surface area contributed by atoms with Crippen molar-refractivity contribution in [2.75, 3.05) is 10.6 Å². The van der Waals surface area contributed by atoms with Gasteiger partial charge in [-0.1, -0.05) is 38.3 Å². The van der Waals surface area contributed by atoms with E-state index in [1.165, 1.54) is 33.8 Å². The number of hydrogen-bond acceptors (Lipinski definition) is 4. The van der Waals surface area contributed by atoms with Crippen LogP contribution >= 0.6 is 0 Å². The molecular formula is C22H27FN4O3. The molecule has 1 aromatic heterocycles. The maximum Gasteiger partial charge on any atom is 0.330 e. The summed E-state index contributed by atoms with van der Waals surface area (Å²) in [5.41, 5.74) is 5.52. The van der Waals surface area contributed by atoms with Gasteiger partial charge in [0.05, 0.1) is 0 Å². The van der Waals surface area contributed by atoms with Crippen LogP contribution in [0, 0.1) is 5.82 Å². The van der Waals surface area contributed by atoms with Crippen molar-refractivity contribution in [3.05, 3.63) is 62.6 Å². The molecule has 8 heteroatoms. The number of aromatic nitrogens is 2. The molecule has 0 atom stereocenters. The fourth-order valence-electron chi connectivity index (χ4n) is 3.84. The van der Waals surface area contributed by atoms with Gasteiger partial charge >= 0.3 is 5.69 Å². The number of aromatic amines is 1. The van der Waals surface area contributed by atoms with Gasteiger partial charge in [0.2, 0.25) is 0 Å². The molecule has 1 aromatic carbocycles. The lowest BCUT2D eigenvalue weighted by Gasteiger charge is -2.29. The normalized spacial score (nSPS) is 14.5. The fourth-order valence-corrected chi connectivity index (χ4v) is 3.84. The van der Waals surface area contributed by atoms with Crippen molar-refractivity contribution in [1.29, 1.82) is 0 Å². The molecule has 7 nitrogen and oxygen atoms in total. The molecule has 0 bridgehead atoms. The summed E-state index contributed by atoms with van der Waals surface area (Å²) < 4.78 is 14.7. The first-order valence-electron chi connectivity index (χ1n) is 10.3. The lowest BCUT2D eigenvalue weighted by Crippen LogP contribution is -2.45. The molecule has 1 aliphatic rings.